The lowest BCUT2D eigenvalue weighted by Crippen LogP contribution is -2.34. The fourth-order valence-corrected chi connectivity index (χ4v) is 3.39. The first-order valence-electron chi connectivity index (χ1n) is 8.84. The summed E-state index contributed by atoms with van der Waals surface area (Å²) in [6.45, 7) is 2.66. The van der Waals surface area contributed by atoms with Crippen molar-refractivity contribution in [3.63, 3.8) is 0 Å². The average molecular weight is 383 g/mol. The van der Waals surface area contributed by atoms with Gasteiger partial charge < -0.3 is 14.7 Å². The third-order valence-corrected chi connectivity index (χ3v) is 4.86. The molecule has 0 radical (unpaired) electrons. The number of hydrogen-bond acceptors (Lipinski definition) is 4. The van der Waals surface area contributed by atoms with Crippen LogP contribution in [0.5, 0.6) is 0 Å². The molecule has 1 saturated heterocycles. The average Bonchev–Trinajstić information content (AvgIpc) is 3.33. The van der Waals surface area contributed by atoms with Gasteiger partial charge >= 0.3 is 6.03 Å². The van der Waals surface area contributed by atoms with Crippen molar-refractivity contribution in [2.75, 3.05) is 11.9 Å². The van der Waals surface area contributed by atoms with Gasteiger partial charge in [-0.05, 0) is 50.1 Å². The first-order valence-corrected chi connectivity index (χ1v) is 9.22. The van der Waals surface area contributed by atoms with Crippen LogP contribution in [0.1, 0.15) is 30.3 Å². The molecule has 4 rings (SSSR count). The zero-order valence-corrected chi connectivity index (χ0v) is 15.6. The molecule has 0 saturated carbocycles. The summed E-state index contributed by atoms with van der Waals surface area (Å²) < 4.78 is 5.49. The number of nitrogens with zero attached hydrogens (tertiary/aromatic N) is 3. The lowest BCUT2D eigenvalue weighted by atomic mass is 10.1. The van der Waals surface area contributed by atoms with Crippen molar-refractivity contribution in [2.24, 2.45) is 0 Å². The van der Waals surface area contributed by atoms with Crippen LogP contribution < -0.4 is 5.32 Å². The van der Waals surface area contributed by atoms with Crippen LogP contribution in [-0.2, 0) is 0 Å². The van der Waals surface area contributed by atoms with E-state index in [1.54, 1.807) is 29.2 Å². The second kappa shape index (κ2) is 7.40. The van der Waals surface area contributed by atoms with Gasteiger partial charge in [0.25, 0.3) is 0 Å². The standard InChI is InChI=1S/C20H19ClN4O2/c1-13-4-2-5-14(12-13)18-23-19(27-24-18)17-6-3-11-25(17)20(26)22-16-9-7-15(21)8-10-16/h2,4-5,7-10,12,17H,3,6,11H2,1H3,(H,22,26)/t17-/m0/s1. The third kappa shape index (κ3) is 3.80. The number of urea groups is 1. The summed E-state index contributed by atoms with van der Waals surface area (Å²) in [7, 11) is 0. The lowest BCUT2D eigenvalue weighted by molar-refractivity contribution is 0.193. The zero-order chi connectivity index (χ0) is 18.8. The molecule has 0 spiro atoms. The highest BCUT2D eigenvalue weighted by molar-refractivity contribution is 6.30. The van der Waals surface area contributed by atoms with E-state index >= 15 is 0 Å². The van der Waals surface area contributed by atoms with E-state index in [4.69, 9.17) is 16.1 Å². The minimum atomic E-state index is -0.219. The van der Waals surface area contributed by atoms with Gasteiger partial charge in [-0.3, -0.25) is 0 Å². The number of amides is 2. The maximum Gasteiger partial charge on any atom is 0.322 e. The molecule has 2 heterocycles. The molecule has 1 atom stereocenters. The minimum Gasteiger partial charge on any atom is -0.337 e. The van der Waals surface area contributed by atoms with Gasteiger partial charge in [0.05, 0.1) is 0 Å². The van der Waals surface area contributed by atoms with E-state index in [-0.39, 0.29) is 12.1 Å². The highest BCUT2D eigenvalue weighted by Crippen LogP contribution is 2.32. The number of halogens is 1. The van der Waals surface area contributed by atoms with Crippen molar-refractivity contribution in [3.05, 3.63) is 65.0 Å². The smallest absolute Gasteiger partial charge is 0.322 e. The molecular weight excluding hydrogens is 364 g/mol. The molecule has 1 fully saturated rings. The summed E-state index contributed by atoms with van der Waals surface area (Å²) in [6, 6.07) is 14.6. The Morgan fingerprint density at radius 2 is 2.07 bits per heavy atom. The van der Waals surface area contributed by atoms with Gasteiger partial charge in [0.15, 0.2) is 0 Å². The molecule has 0 aliphatic carbocycles. The maximum atomic E-state index is 12.7. The van der Waals surface area contributed by atoms with Crippen molar-refractivity contribution in [1.82, 2.24) is 15.0 Å². The molecule has 7 heteroatoms. The summed E-state index contributed by atoms with van der Waals surface area (Å²) in [5.74, 6) is 1.01. The molecule has 3 aromatic rings. The number of rotatable bonds is 3. The third-order valence-electron chi connectivity index (χ3n) is 4.61. The van der Waals surface area contributed by atoms with Crippen LogP contribution in [0.25, 0.3) is 11.4 Å². The summed E-state index contributed by atoms with van der Waals surface area (Å²) in [5.41, 5.74) is 2.73. The summed E-state index contributed by atoms with van der Waals surface area (Å²) in [6.07, 6.45) is 1.68. The first kappa shape index (κ1) is 17.5. The SMILES string of the molecule is Cc1cccc(-c2noc([C@@H]3CCCN3C(=O)Nc3ccc(Cl)cc3)n2)c1. The Balaban J connectivity index is 1.51. The van der Waals surface area contributed by atoms with Gasteiger partial charge in [0.2, 0.25) is 11.7 Å². The maximum absolute atomic E-state index is 12.7. The number of carbonyl (C=O) groups is 1. The van der Waals surface area contributed by atoms with E-state index in [0.29, 0.717) is 29.0 Å². The van der Waals surface area contributed by atoms with E-state index in [0.717, 1.165) is 24.0 Å². The first-order chi connectivity index (χ1) is 13.1. The Bertz CT molecular complexity index is 955. The molecule has 27 heavy (non-hydrogen) atoms. The molecule has 2 amide bonds. The number of carbonyl (C=O) groups excluding carboxylic acids is 1. The Labute approximate surface area is 162 Å². The van der Waals surface area contributed by atoms with Gasteiger partial charge in [0.1, 0.15) is 6.04 Å². The van der Waals surface area contributed by atoms with Gasteiger partial charge in [0, 0.05) is 22.8 Å². The molecule has 1 aliphatic rings. The summed E-state index contributed by atoms with van der Waals surface area (Å²) >= 11 is 5.89. The van der Waals surface area contributed by atoms with Crippen molar-refractivity contribution in [2.45, 2.75) is 25.8 Å². The van der Waals surface area contributed by atoms with Crippen LogP contribution in [0.3, 0.4) is 0 Å². The van der Waals surface area contributed by atoms with Crippen molar-refractivity contribution in [3.8, 4) is 11.4 Å². The van der Waals surface area contributed by atoms with Gasteiger partial charge in [-0.2, -0.15) is 4.98 Å². The Hall–Kier alpha value is -2.86. The molecule has 2 aromatic carbocycles. The van der Waals surface area contributed by atoms with Crippen LogP contribution in [0, 0.1) is 6.92 Å². The number of anilines is 1. The van der Waals surface area contributed by atoms with Gasteiger partial charge in [-0.1, -0.05) is 40.5 Å². The number of aromatic nitrogens is 2. The molecule has 1 aliphatic heterocycles. The van der Waals surface area contributed by atoms with Crippen molar-refractivity contribution in [1.29, 1.82) is 0 Å². The number of benzene rings is 2. The quantitative estimate of drug-likeness (QED) is 0.686. The van der Waals surface area contributed by atoms with E-state index < -0.39 is 0 Å². The number of likely N-dealkylation sites (tertiary alicyclic amines) is 1. The molecular formula is C20H19ClN4O2. The van der Waals surface area contributed by atoms with Crippen LogP contribution in [0.2, 0.25) is 5.02 Å². The molecule has 0 unspecified atom stereocenters. The molecule has 6 nitrogen and oxygen atoms in total. The lowest BCUT2D eigenvalue weighted by Gasteiger charge is -2.22. The predicted octanol–water partition coefficient (Wildman–Crippen LogP) is 5.07. The van der Waals surface area contributed by atoms with E-state index in [1.807, 2.05) is 31.2 Å². The number of hydrogen-bond donors (Lipinski definition) is 1. The van der Waals surface area contributed by atoms with E-state index in [2.05, 4.69) is 15.5 Å². The predicted molar refractivity (Wildman–Crippen MR) is 104 cm³/mol. The number of aryl methyl sites for hydroxylation is 1. The summed E-state index contributed by atoms with van der Waals surface area (Å²) in [5, 5.41) is 7.62. The normalized spacial score (nSPS) is 16.5. The highest BCUT2D eigenvalue weighted by Gasteiger charge is 2.34. The molecule has 138 valence electrons. The van der Waals surface area contributed by atoms with Crippen LogP contribution in [0.4, 0.5) is 10.5 Å². The van der Waals surface area contributed by atoms with Crippen LogP contribution >= 0.6 is 11.6 Å². The largest absolute Gasteiger partial charge is 0.337 e. The molecule has 1 N–H and O–H groups in total. The van der Waals surface area contributed by atoms with Gasteiger partial charge in [-0.15, -0.1) is 0 Å². The topological polar surface area (TPSA) is 71.3 Å². The minimum absolute atomic E-state index is 0.185. The van der Waals surface area contributed by atoms with Crippen molar-refractivity contribution < 1.29 is 9.32 Å². The monoisotopic (exact) mass is 382 g/mol. The van der Waals surface area contributed by atoms with E-state index in [1.165, 1.54) is 0 Å². The van der Waals surface area contributed by atoms with Crippen LogP contribution in [-0.4, -0.2) is 27.6 Å². The summed E-state index contributed by atoms with van der Waals surface area (Å²) in [4.78, 5) is 19.0. The Morgan fingerprint density at radius 1 is 1.26 bits per heavy atom. The van der Waals surface area contributed by atoms with E-state index in [9.17, 15) is 4.79 Å². The molecule has 1 aromatic heterocycles. The second-order valence-corrected chi connectivity index (χ2v) is 7.05. The fourth-order valence-electron chi connectivity index (χ4n) is 3.27. The van der Waals surface area contributed by atoms with Gasteiger partial charge in [-0.25, -0.2) is 4.79 Å². The van der Waals surface area contributed by atoms with Crippen LogP contribution in [0.15, 0.2) is 53.1 Å². The highest BCUT2D eigenvalue weighted by atomic mass is 35.5. The number of nitrogens with one attached hydrogen (secondary N) is 1. The van der Waals surface area contributed by atoms with Crippen molar-refractivity contribution >= 4 is 23.3 Å². The second-order valence-electron chi connectivity index (χ2n) is 6.61. The Kier molecular flexibility index (Phi) is 4.81. The fraction of sp³-hybridized carbons (Fsp3) is 0.250. The Morgan fingerprint density at radius 3 is 2.85 bits per heavy atom. The zero-order valence-electron chi connectivity index (χ0n) is 14.9. The molecule has 0 bridgehead atoms.